The summed E-state index contributed by atoms with van der Waals surface area (Å²) in [5.41, 5.74) is 6.46. The molecule has 3 rings (SSSR count). The molecule has 0 radical (unpaired) electrons. The molecule has 1 aromatic carbocycles. The number of aryl methyl sites for hydroxylation is 2. The van der Waals surface area contributed by atoms with Crippen LogP contribution in [0.4, 0.5) is 0 Å². The number of aliphatic carboxylic acids is 1. The Morgan fingerprint density at radius 1 is 1.26 bits per heavy atom. The van der Waals surface area contributed by atoms with Gasteiger partial charge in [0.25, 0.3) is 0 Å². The standard InChI is InChI=1S/C18H17ClN2O5.C4H11NO3/c1-10-3-5-20-13(7-10)11(2)25-15-9-16-14(8-12(15)19)21(18(24)26-16)6-4-17(22)23;5-4(1-6,2-7)3-8/h3,5,7-9,11H,4,6H2,1-2H3,(H,22,23);6-8H,1-3,5H2/t11-;/m1./s1. The highest BCUT2D eigenvalue weighted by Gasteiger charge is 2.21. The van der Waals surface area contributed by atoms with Gasteiger partial charge in [-0.3, -0.25) is 14.3 Å². The van der Waals surface area contributed by atoms with Crippen molar-refractivity contribution in [2.24, 2.45) is 5.73 Å². The minimum absolute atomic E-state index is 0.00130. The number of carbonyl (C=O) groups is 1. The van der Waals surface area contributed by atoms with Gasteiger partial charge in [-0.15, -0.1) is 0 Å². The van der Waals surface area contributed by atoms with Crippen molar-refractivity contribution < 1.29 is 34.4 Å². The summed E-state index contributed by atoms with van der Waals surface area (Å²) in [6.45, 7) is 2.60. The van der Waals surface area contributed by atoms with E-state index in [2.05, 4.69) is 4.98 Å². The number of carboxylic acids is 1. The second-order valence-corrected chi connectivity index (χ2v) is 8.18. The third kappa shape index (κ3) is 7.02. The minimum Gasteiger partial charge on any atom is -0.483 e. The number of fused-ring (bicyclic) bond motifs is 1. The van der Waals surface area contributed by atoms with Crippen molar-refractivity contribution in [3.63, 3.8) is 0 Å². The minimum atomic E-state index is -1.21. The lowest BCUT2D eigenvalue weighted by atomic mass is 10.1. The predicted molar refractivity (Wildman–Crippen MR) is 124 cm³/mol. The number of hydrogen-bond acceptors (Lipinski definition) is 9. The van der Waals surface area contributed by atoms with E-state index in [1.807, 2.05) is 26.0 Å². The van der Waals surface area contributed by atoms with E-state index in [-0.39, 0.29) is 24.7 Å². The summed E-state index contributed by atoms with van der Waals surface area (Å²) in [5.74, 6) is -1.28. The maximum Gasteiger partial charge on any atom is 0.419 e. The number of nitrogens with zero attached hydrogens (tertiary/aromatic N) is 2. The van der Waals surface area contributed by atoms with Gasteiger partial charge in [0.1, 0.15) is 11.9 Å². The third-order valence-electron chi connectivity index (χ3n) is 4.87. The molecule has 34 heavy (non-hydrogen) atoms. The molecule has 0 aliphatic carbocycles. The van der Waals surface area contributed by atoms with Gasteiger partial charge in [0, 0.05) is 18.8 Å². The Morgan fingerprint density at radius 3 is 2.44 bits per heavy atom. The predicted octanol–water partition coefficient (Wildman–Crippen LogP) is 1.23. The number of halogens is 1. The number of hydrogen-bond donors (Lipinski definition) is 5. The molecule has 2 aromatic heterocycles. The number of oxazole rings is 1. The molecule has 2 heterocycles. The largest absolute Gasteiger partial charge is 0.483 e. The number of aliphatic hydroxyl groups excluding tert-OH is 3. The zero-order chi connectivity index (χ0) is 25.5. The Labute approximate surface area is 200 Å². The van der Waals surface area contributed by atoms with Crippen LogP contribution in [0.5, 0.6) is 5.75 Å². The Hall–Kier alpha value is -2.96. The summed E-state index contributed by atoms with van der Waals surface area (Å²) < 4.78 is 12.3. The molecule has 1 atom stereocenters. The van der Waals surface area contributed by atoms with E-state index in [0.717, 1.165) is 11.3 Å². The highest BCUT2D eigenvalue weighted by molar-refractivity contribution is 6.32. The molecule has 0 fully saturated rings. The average molecular weight is 498 g/mol. The molecule has 12 heteroatoms. The van der Waals surface area contributed by atoms with Crippen LogP contribution in [-0.4, -0.2) is 61.3 Å². The van der Waals surface area contributed by atoms with E-state index in [4.69, 9.17) is 46.9 Å². The molecular formula is C22H28ClN3O8. The lowest BCUT2D eigenvalue weighted by Crippen LogP contribution is -2.50. The van der Waals surface area contributed by atoms with Gasteiger partial charge in [0.2, 0.25) is 0 Å². The van der Waals surface area contributed by atoms with Crippen LogP contribution in [0.2, 0.25) is 5.02 Å². The number of aromatic nitrogens is 2. The molecule has 0 aliphatic rings. The fourth-order valence-electron chi connectivity index (χ4n) is 2.76. The SMILES string of the molecule is Cc1ccnc([C@@H](C)Oc2cc3oc(=O)n(CCC(=O)O)c3cc2Cl)c1.NC(CO)(CO)CO. The molecule has 0 unspecified atom stereocenters. The first kappa shape index (κ1) is 27.3. The molecule has 0 amide bonds. The number of carboxylic acid groups (broad SMARTS) is 1. The maximum absolute atomic E-state index is 12.0. The fourth-order valence-corrected chi connectivity index (χ4v) is 2.96. The van der Waals surface area contributed by atoms with Crippen LogP contribution in [-0.2, 0) is 11.3 Å². The topological polar surface area (TPSA) is 181 Å². The smallest absolute Gasteiger partial charge is 0.419 e. The molecule has 3 aromatic rings. The van der Waals surface area contributed by atoms with E-state index >= 15 is 0 Å². The van der Waals surface area contributed by atoms with Crippen molar-refractivity contribution >= 4 is 28.7 Å². The average Bonchev–Trinajstić information content (AvgIpc) is 3.11. The molecule has 11 nitrogen and oxygen atoms in total. The Balaban J connectivity index is 0.000000440. The van der Waals surface area contributed by atoms with Gasteiger partial charge in [-0.25, -0.2) is 4.79 Å². The lowest BCUT2D eigenvalue weighted by molar-refractivity contribution is -0.137. The number of benzene rings is 1. The van der Waals surface area contributed by atoms with Crippen LogP contribution in [0.25, 0.3) is 11.1 Å². The van der Waals surface area contributed by atoms with Gasteiger partial charge >= 0.3 is 11.7 Å². The van der Waals surface area contributed by atoms with E-state index in [1.54, 1.807) is 6.20 Å². The Kier molecular flexibility index (Phi) is 9.59. The molecule has 6 N–H and O–H groups in total. The first-order chi connectivity index (χ1) is 16.0. The van der Waals surface area contributed by atoms with Crippen LogP contribution in [0.15, 0.2) is 39.7 Å². The first-order valence-corrected chi connectivity index (χ1v) is 10.7. The first-order valence-electron chi connectivity index (χ1n) is 10.3. The maximum atomic E-state index is 12.0. The van der Waals surface area contributed by atoms with Gasteiger partial charge in [0.15, 0.2) is 5.58 Å². The van der Waals surface area contributed by atoms with E-state index in [9.17, 15) is 9.59 Å². The quantitative estimate of drug-likeness (QED) is 0.288. The molecule has 0 saturated carbocycles. The molecular weight excluding hydrogens is 470 g/mol. The van der Waals surface area contributed by atoms with Crippen molar-refractivity contribution in [3.05, 3.63) is 57.3 Å². The van der Waals surface area contributed by atoms with Crippen LogP contribution < -0.4 is 16.2 Å². The highest BCUT2D eigenvalue weighted by Crippen LogP contribution is 2.33. The van der Waals surface area contributed by atoms with Crippen LogP contribution in [0.3, 0.4) is 0 Å². The van der Waals surface area contributed by atoms with Crippen molar-refractivity contribution in [1.29, 1.82) is 0 Å². The van der Waals surface area contributed by atoms with Gasteiger partial charge in [-0.1, -0.05) is 11.6 Å². The zero-order valence-corrected chi connectivity index (χ0v) is 19.5. The number of aliphatic hydroxyl groups is 3. The lowest BCUT2D eigenvalue weighted by Gasteiger charge is -2.20. The van der Waals surface area contributed by atoms with E-state index < -0.39 is 37.1 Å². The monoisotopic (exact) mass is 497 g/mol. The number of rotatable bonds is 9. The van der Waals surface area contributed by atoms with Gasteiger partial charge < -0.3 is 35.3 Å². The second kappa shape index (κ2) is 12.0. The number of pyridine rings is 1. The Bertz CT molecular complexity index is 1160. The van der Waals surface area contributed by atoms with Crippen molar-refractivity contribution in [2.45, 2.75) is 38.5 Å². The zero-order valence-electron chi connectivity index (χ0n) is 18.8. The van der Waals surface area contributed by atoms with E-state index in [1.165, 1.54) is 16.7 Å². The summed E-state index contributed by atoms with van der Waals surface area (Å²) in [6.07, 6.45) is 1.16. The summed E-state index contributed by atoms with van der Waals surface area (Å²) in [7, 11) is 0. The summed E-state index contributed by atoms with van der Waals surface area (Å²) in [6, 6.07) is 6.88. The van der Waals surface area contributed by atoms with Gasteiger partial charge in [0.05, 0.1) is 48.0 Å². The summed E-state index contributed by atoms with van der Waals surface area (Å²) in [4.78, 5) is 27.0. The van der Waals surface area contributed by atoms with Crippen LogP contribution >= 0.6 is 11.6 Å². The summed E-state index contributed by atoms with van der Waals surface area (Å²) >= 11 is 6.29. The number of ether oxygens (including phenoxy) is 1. The van der Waals surface area contributed by atoms with Crippen LogP contribution in [0.1, 0.15) is 30.7 Å². The molecule has 0 aliphatic heterocycles. The summed E-state index contributed by atoms with van der Waals surface area (Å²) in [5, 5.41) is 34.1. The molecule has 0 bridgehead atoms. The van der Waals surface area contributed by atoms with Gasteiger partial charge in [-0.2, -0.15) is 0 Å². The number of nitrogens with two attached hydrogens (primary N) is 1. The fraction of sp³-hybridized carbons (Fsp3) is 0.409. The second-order valence-electron chi connectivity index (χ2n) is 7.77. The molecule has 0 spiro atoms. The van der Waals surface area contributed by atoms with Crippen molar-refractivity contribution in [1.82, 2.24) is 9.55 Å². The normalized spacial score (nSPS) is 12.2. The van der Waals surface area contributed by atoms with Crippen molar-refractivity contribution in [3.8, 4) is 5.75 Å². The van der Waals surface area contributed by atoms with Crippen LogP contribution in [0, 0.1) is 6.92 Å². The van der Waals surface area contributed by atoms with Crippen molar-refractivity contribution in [2.75, 3.05) is 19.8 Å². The van der Waals surface area contributed by atoms with E-state index in [0.29, 0.717) is 16.3 Å². The van der Waals surface area contributed by atoms with Gasteiger partial charge in [-0.05, 0) is 37.6 Å². The Morgan fingerprint density at radius 2 is 1.91 bits per heavy atom. The molecule has 186 valence electrons. The molecule has 0 saturated heterocycles. The highest BCUT2D eigenvalue weighted by atomic mass is 35.5. The third-order valence-corrected chi connectivity index (χ3v) is 5.17.